The predicted octanol–water partition coefficient (Wildman–Crippen LogP) is 0.730. The van der Waals surface area contributed by atoms with Gasteiger partial charge in [0.25, 0.3) is 0 Å². The minimum atomic E-state index is -1.14. The Hall–Kier alpha value is -2.20. The predicted molar refractivity (Wildman–Crippen MR) is 128 cm³/mol. The Morgan fingerprint density at radius 1 is 0.848 bits per heavy atom. The molecule has 0 rings (SSSR count). The first-order valence-corrected chi connectivity index (χ1v) is 11.9. The molecule has 0 aliphatic heterocycles. The van der Waals surface area contributed by atoms with Crippen molar-refractivity contribution >= 4 is 23.7 Å². The van der Waals surface area contributed by atoms with Crippen LogP contribution in [0, 0.1) is 17.8 Å². The second-order valence-electron chi connectivity index (χ2n) is 9.52. The normalized spacial score (nSPS) is 15.9. The number of carboxylic acid groups (broad SMARTS) is 1. The maximum absolute atomic E-state index is 13.1. The van der Waals surface area contributed by atoms with Gasteiger partial charge in [-0.25, -0.2) is 4.79 Å². The van der Waals surface area contributed by atoms with Gasteiger partial charge in [-0.05, 0) is 50.0 Å². The lowest BCUT2D eigenvalue weighted by atomic mass is 9.95. The molecule has 0 aromatic carbocycles. The number of aliphatic carboxylic acids is 1. The summed E-state index contributed by atoms with van der Waals surface area (Å²) < 4.78 is 0. The molecule has 10 nitrogen and oxygen atoms in total. The standard InChI is InChI=1S/C23H45N5O5/c1-7-15(6)19(22(31)26-17(23(32)33)10-8-9-11-24)28-21(30)18(14(4)5)27-20(29)16(25)12-13(2)3/h13-19H,7-12,24-25H2,1-6H3,(H,26,31)(H,27,29)(H,28,30)(H,32,33). The molecule has 0 bridgehead atoms. The molecule has 0 aromatic heterocycles. The zero-order valence-corrected chi connectivity index (χ0v) is 21.0. The fourth-order valence-electron chi connectivity index (χ4n) is 3.37. The fraction of sp³-hybridized carbons (Fsp3) is 0.826. The molecule has 0 aliphatic rings. The summed E-state index contributed by atoms with van der Waals surface area (Å²) in [4.78, 5) is 50.1. The minimum Gasteiger partial charge on any atom is -0.480 e. The van der Waals surface area contributed by atoms with Gasteiger partial charge in [-0.1, -0.05) is 48.0 Å². The Morgan fingerprint density at radius 3 is 1.85 bits per heavy atom. The topological polar surface area (TPSA) is 177 Å². The molecule has 0 saturated carbocycles. The third-order valence-electron chi connectivity index (χ3n) is 5.66. The summed E-state index contributed by atoms with van der Waals surface area (Å²) in [5, 5.41) is 17.4. The number of carboxylic acids is 1. The SMILES string of the molecule is CCC(C)C(NC(=O)C(NC(=O)C(N)CC(C)C)C(C)C)C(=O)NC(CCCCN)C(=O)O. The first-order valence-electron chi connectivity index (χ1n) is 11.9. The summed E-state index contributed by atoms with van der Waals surface area (Å²) in [6.45, 7) is 11.6. The molecule has 0 heterocycles. The van der Waals surface area contributed by atoms with Crippen LogP contribution < -0.4 is 27.4 Å². The lowest BCUT2D eigenvalue weighted by Crippen LogP contribution is -2.59. The first kappa shape index (κ1) is 30.8. The second kappa shape index (κ2) is 15.6. The van der Waals surface area contributed by atoms with Gasteiger partial charge in [-0.3, -0.25) is 14.4 Å². The summed E-state index contributed by atoms with van der Waals surface area (Å²) in [6.07, 6.45) is 2.53. The monoisotopic (exact) mass is 471 g/mol. The molecule has 0 saturated heterocycles. The fourth-order valence-corrected chi connectivity index (χ4v) is 3.37. The lowest BCUT2D eigenvalue weighted by Gasteiger charge is -2.29. The summed E-state index contributed by atoms with van der Waals surface area (Å²) >= 11 is 0. The van der Waals surface area contributed by atoms with Gasteiger partial charge in [0.2, 0.25) is 17.7 Å². The Kier molecular flexibility index (Phi) is 14.6. The van der Waals surface area contributed by atoms with Crippen molar-refractivity contribution in [1.29, 1.82) is 0 Å². The van der Waals surface area contributed by atoms with Gasteiger partial charge in [0.15, 0.2) is 0 Å². The van der Waals surface area contributed by atoms with Gasteiger partial charge in [-0.2, -0.15) is 0 Å². The van der Waals surface area contributed by atoms with Crippen molar-refractivity contribution < 1.29 is 24.3 Å². The maximum Gasteiger partial charge on any atom is 0.326 e. The van der Waals surface area contributed by atoms with Crippen molar-refractivity contribution in [2.24, 2.45) is 29.2 Å². The first-order chi connectivity index (χ1) is 15.3. The number of hydrogen-bond donors (Lipinski definition) is 6. The summed E-state index contributed by atoms with van der Waals surface area (Å²) in [6, 6.07) is -3.63. The summed E-state index contributed by atoms with van der Waals surface area (Å²) in [5.41, 5.74) is 11.4. The molecule has 0 aliphatic carbocycles. The average Bonchev–Trinajstić information content (AvgIpc) is 2.73. The Balaban J connectivity index is 5.42. The summed E-state index contributed by atoms with van der Waals surface area (Å²) in [5.74, 6) is -2.91. The number of hydrogen-bond acceptors (Lipinski definition) is 6. The van der Waals surface area contributed by atoms with Crippen LogP contribution in [0.15, 0.2) is 0 Å². The van der Waals surface area contributed by atoms with Gasteiger partial charge < -0.3 is 32.5 Å². The molecule has 0 aromatic rings. The smallest absolute Gasteiger partial charge is 0.326 e. The number of nitrogens with two attached hydrogens (primary N) is 2. The number of amides is 3. The van der Waals surface area contributed by atoms with Crippen molar-refractivity contribution in [1.82, 2.24) is 16.0 Å². The number of nitrogens with one attached hydrogen (secondary N) is 3. The van der Waals surface area contributed by atoms with E-state index in [2.05, 4.69) is 16.0 Å². The number of unbranched alkanes of at least 4 members (excludes halogenated alkanes) is 1. The molecular weight excluding hydrogens is 426 g/mol. The van der Waals surface area contributed by atoms with Crippen LogP contribution in [0.2, 0.25) is 0 Å². The van der Waals surface area contributed by atoms with Crippen LogP contribution >= 0.6 is 0 Å². The Bertz CT molecular complexity index is 641. The van der Waals surface area contributed by atoms with Gasteiger partial charge in [0.05, 0.1) is 6.04 Å². The third-order valence-corrected chi connectivity index (χ3v) is 5.66. The van der Waals surface area contributed by atoms with Crippen molar-refractivity contribution in [2.45, 2.75) is 97.8 Å². The number of rotatable bonds is 16. The van der Waals surface area contributed by atoms with Crippen LogP contribution in [0.4, 0.5) is 0 Å². The van der Waals surface area contributed by atoms with E-state index in [1.807, 2.05) is 20.8 Å². The Labute approximate surface area is 198 Å². The quantitative estimate of drug-likeness (QED) is 0.180. The van der Waals surface area contributed by atoms with Crippen LogP contribution in [0.1, 0.15) is 73.6 Å². The van der Waals surface area contributed by atoms with Gasteiger partial charge in [0, 0.05) is 0 Å². The molecular formula is C23H45N5O5. The molecule has 8 N–H and O–H groups in total. The highest BCUT2D eigenvalue weighted by Crippen LogP contribution is 2.12. The third kappa shape index (κ3) is 11.5. The zero-order chi connectivity index (χ0) is 25.7. The molecule has 5 atom stereocenters. The number of carbonyl (C=O) groups is 4. The van der Waals surface area contributed by atoms with Crippen LogP contribution in [0.3, 0.4) is 0 Å². The second-order valence-corrected chi connectivity index (χ2v) is 9.52. The zero-order valence-electron chi connectivity index (χ0n) is 21.0. The van der Waals surface area contributed by atoms with Crippen molar-refractivity contribution in [3.05, 3.63) is 0 Å². The highest BCUT2D eigenvalue weighted by molar-refractivity contribution is 5.94. The maximum atomic E-state index is 13.1. The van der Waals surface area contributed by atoms with Crippen LogP contribution in [-0.4, -0.2) is 59.5 Å². The largest absolute Gasteiger partial charge is 0.480 e. The molecule has 0 radical (unpaired) electrons. The molecule has 192 valence electrons. The van der Waals surface area contributed by atoms with Crippen LogP contribution in [-0.2, 0) is 19.2 Å². The van der Waals surface area contributed by atoms with Crippen molar-refractivity contribution in [3.63, 3.8) is 0 Å². The van der Waals surface area contributed by atoms with E-state index in [9.17, 15) is 24.3 Å². The molecule has 5 unspecified atom stereocenters. The molecule has 3 amide bonds. The van der Waals surface area contributed by atoms with E-state index in [0.717, 1.165) is 0 Å². The van der Waals surface area contributed by atoms with Crippen LogP contribution in [0.5, 0.6) is 0 Å². The highest BCUT2D eigenvalue weighted by Gasteiger charge is 2.33. The van der Waals surface area contributed by atoms with Crippen molar-refractivity contribution in [3.8, 4) is 0 Å². The van der Waals surface area contributed by atoms with E-state index in [1.165, 1.54) is 0 Å². The van der Waals surface area contributed by atoms with Gasteiger partial charge in [-0.15, -0.1) is 0 Å². The van der Waals surface area contributed by atoms with E-state index in [-0.39, 0.29) is 24.2 Å². The average molecular weight is 472 g/mol. The summed E-state index contributed by atoms with van der Waals surface area (Å²) in [7, 11) is 0. The van der Waals surface area contributed by atoms with Gasteiger partial charge >= 0.3 is 5.97 Å². The van der Waals surface area contributed by atoms with Crippen molar-refractivity contribution in [2.75, 3.05) is 6.54 Å². The Morgan fingerprint density at radius 2 is 1.39 bits per heavy atom. The van der Waals surface area contributed by atoms with E-state index in [4.69, 9.17) is 11.5 Å². The lowest BCUT2D eigenvalue weighted by molar-refractivity contribution is -0.143. The van der Waals surface area contributed by atoms with E-state index < -0.39 is 47.9 Å². The highest BCUT2D eigenvalue weighted by atomic mass is 16.4. The molecule has 0 fully saturated rings. The van der Waals surface area contributed by atoms with E-state index in [0.29, 0.717) is 32.2 Å². The molecule has 0 spiro atoms. The number of carbonyl (C=O) groups excluding carboxylic acids is 3. The molecule has 10 heteroatoms. The van der Waals surface area contributed by atoms with E-state index in [1.54, 1.807) is 20.8 Å². The van der Waals surface area contributed by atoms with E-state index >= 15 is 0 Å². The van der Waals surface area contributed by atoms with Gasteiger partial charge in [0.1, 0.15) is 18.1 Å². The van der Waals surface area contributed by atoms with Crippen LogP contribution in [0.25, 0.3) is 0 Å². The minimum absolute atomic E-state index is 0.225. The molecule has 33 heavy (non-hydrogen) atoms.